The summed E-state index contributed by atoms with van der Waals surface area (Å²) in [5.41, 5.74) is 2.30. The number of pyridine rings is 1. The summed E-state index contributed by atoms with van der Waals surface area (Å²) in [6, 6.07) is 4.08. The molecule has 0 amide bonds. The van der Waals surface area contributed by atoms with Gasteiger partial charge in [0.25, 0.3) is 0 Å². The summed E-state index contributed by atoms with van der Waals surface area (Å²) in [6.07, 6.45) is 4.95. The quantitative estimate of drug-likeness (QED) is 0.834. The van der Waals surface area contributed by atoms with E-state index >= 15 is 0 Å². The third-order valence-corrected chi connectivity index (χ3v) is 4.53. The Bertz CT molecular complexity index is 436. The molecule has 0 spiro atoms. The first-order valence-electron chi connectivity index (χ1n) is 6.58. The zero-order chi connectivity index (χ0) is 13.2. The van der Waals surface area contributed by atoms with Gasteiger partial charge in [0.2, 0.25) is 0 Å². The number of Topliss-reactive ketones (excluding diaryl/α,β-unsaturated/α-hetero) is 1. The molecule has 1 unspecified atom stereocenters. The third kappa shape index (κ3) is 3.35. The van der Waals surface area contributed by atoms with Gasteiger partial charge in [-0.25, -0.2) is 0 Å². The van der Waals surface area contributed by atoms with Crippen molar-refractivity contribution < 1.29 is 4.79 Å². The van der Waals surface area contributed by atoms with E-state index in [9.17, 15) is 4.79 Å². The van der Waals surface area contributed by atoms with Crippen LogP contribution in [0.2, 0.25) is 0 Å². The van der Waals surface area contributed by atoms with Crippen molar-refractivity contribution in [1.29, 1.82) is 0 Å². The molecule has 0 fully saturated rings. The van der Waals surface area contributed by atoms with Crippen molar-refractivity contribution in [2.24, 2.45) is 0 Å². The molecule has 98 valence electrons. The van der Waals surface area contributed by atoms with Crippen LogP contribution in [0.3, 0.4) is 0 Å². The van der Waals surface area contributed by atoms with Gasteiger partial charge in [-0.3, -0.25) is 9.78 Å². The predicted octanol–water partition coefficient (Wildman–Crippen LogP) is 3.60. The zero-order valence-corrected chi connectivity index (χ0v) is 12.2. The summed E-state index contributed by atoms with van der Waals surface area (Å²) in [4.78, 5) is 16.8. The molecule has 0 saturated heterocycles. The van der Waals surface area contributed by atoms with E-state index in [1.807, 2.05) is 6.07 Å². The summed E-state index contributed by atoms with van der Waals surface area (Å²) >= 11 is 1.73. The molecule has 0 bridgehead atoms. The Morgan fingerprint density at radius 2 is 2.28 bits per heavy atom. The van der Waals surface area contributed by atoms with Crippen molar-refractivity contribution in [1.82, 2.24) is 4.98 Å². The van der Waals surface area contributed by atoms with E-state index in [0.29, 0.717) is 11.5 Å². The number of aryl methyl sites for hydroxylation is 1. The lowest BCUT2D eigenvalue weighted by Gasteiger charge is -2.24. The SMILES string of the molecule is CC(C)(C)SCC(=O)C1CCCc2cccnc21. The lowest BCUT2D eigenvalue weighted by atomic mass is 9.84. The van der Waals surface area contributed by atoms with Crippen LogP contribution in [0.25, 0.3) is 0 Å². The second kappa shape index (κ2) is 5.43. The first kappa shape index (κ1) is 13.6. The average molecular weight is 263 g/mol. The first-order valence-corrected chi connectivity index (χ1v) is 7.56. The number of hydrogen-bond acceptors (Lipinski definition) is 3. The predicted molar refractivity (Wildman–Crippen MR) is 77.1 cm³/mol. The van der Waals surface area contributed by atoms with E-state index in [4.69, 9.17) is 0 Å². The molecule has 0 saturated carbocycles. The van der Waals surface area contributed by atoms with Gasteiger partial charge >= 0.3 is 0 Å². The Hall–Kier alpha value is -0.830. The summed E-state index contributed by atoms with van der Waals surface area (Å²) in [5.74, 6) is 0.976. The van der Waals surface area contributed by atoms with E-state index in [1.54, 1.807) is 18.0 Å². The van der Waals surface area contributed by atoms with Crippen LogP contribution in [0.5, 0.6) is 0 Å². The van der Waals surface area contributed by atoms with Crippen LogP contribution < -0.4 is 0 Å². The van der Waals surface area contributed by atoms with Gasteiger partial charge in [-0.05, 0) is 30.9 Å². The Morgan fingerprint density at radius 1 is 1.50 bits per heavy atom. The highest BCUT2D eigenvalue weighted by molar-refractivity contribution is 8.01. The van der Waals surface area contributed by atoms with Gasteiger partial charge in [0.1, 0.15) is 0 Å². The minimum absolute atomic E-state index is 0.0322. The number of hydrogen-bond donors (Lipinski definition) is 0. The number of thioether (sulfide) groups is 1. The third-order valence-electron chi connectivity index (χ3n) is 3.23. The normalized spacial score (nSPS) is 19.4. The molecule has 0 radical (unpaired) electrons. The Balaban J connectivity index is 2.08. The number of nitrogens with zero attached hydrogens (tertiary/aromatic N) is 1. The van der Waals surface area contributed by atoms with E-state index < -0.39 is 0 Å². The van der Waals surface area contributed by atoms with Crippen molar-refractivity contribution in [3.05, 3.63) is 29.6 Å². The Kier molecular flexibility index (Phi) is 4.10. The zero-order valence-electron chi connectivity index (χ0n) is 11.4. The van der Waals surface area contributed by atoms with Crippen LogP contribution in [-0.2, 0) is 11.2 Å². The molecule has 1 aliphatic carbocycles. The molecule has 1 heterocycles. The van der Waals surface area contributed by atoms with Gasteiger partial charge in [-0.15, -0.1) is 11.8 Å². The van der Waals surface area contributed by atoms with Crippen LogP contribution in [0.1, 0.15) is 50.8 Å². The molecule has 1 aliphatic rings. The van der Waals surface area contributed by atoms with Crippen LogP contribution in [0, 0.1) is 0 Å². The van der Waals surface area contributed by atoms with Gasteiger partial charge < -0.3 is 0 Å². The minimum atomic E-state index is 0.0322. The number of carbonyl (C=O) groups excluding carboxylic acids is 1. The maximum absolute atomic E-state index is 12.3. The second-order valence-electron chi connectivity index (χ2n) is 5.86. The molecular weight excluding hydrogens is 242 g/mol. The Morgan fingerprint density at radius 3 is 3.00 bits per heavy atom. The summed E-state index contributed by atoms with van der Waals surface area (Å²) in [6.45, 7) is 6.45. The number of aromatic nitrogens is 1. The fourth-order valence-corrected chi connectivity index (χ4v) is 3.09. The Labute approximate surface area is 114 Å². The molecule has 0 aliphatic heterocycles. The number of ketones is 1. The van der Waals surface area contributed by atoms with Crippen LogP contribution in [0.15, 0.2) is 18.3 Å². The molecule has 2 rings (SSSR count). The molecule has 1 atom stereocenters. The molecular formula is C15H21NOS. The molecule has 18 heavy (non-hydrogen) atoms. The van der Waals surface area contributed by atoms with E-state index in [0.717, 1.165) is 25.0 Å². The summed E-state index contributed by atoms with van der Waals surface area (Å²) in [7, 11) is 0. The monoisotopic (exact) mass is 263 g/mol. The van der Waals surface area contributed by atoms with E-state index in [1.165, 1.54) is 5.56 Å². The lowest BCUT2D eigenvalue weighted by molar-refractivity contribution is -0.118. The first-order chi connectivity index (χ1) is 8.47. The van der Waals surface area contributed by atoms with Crippen molar-refractivity contribution in [2.75, 3.05) is 5.75 Å². The highest BCUT2D eigenvalue weighted by Crippen LogP contribution is 2.33. The smallest absolute Gasteiger partial charge is 0.151 e. The topological polar surface area (TPSA) is 30.0 Å². The van der Waals surface area contributed by atoms with Crippen LogP contribution >= 0.6 is 11.8 Å². The van der Waals surface area contributed by atoms with Crippen LogP contribution in [0.4, 0.5) is 0 Å². The van der Waals surface area contributed by atoms with Crippen molar-refractivity contribution in [3.63, 3.8) is 0 Å². The van der Waals surface area contributed by atoms with E-state index in [-0.39, 0.29) is 10.7 Å². The van der Waals surface area contributed by atoms with Gasteiger partial charge in [-0.2, -0.15) is 0 Å². The van der Waals surface area contributed by atoms with Gasteiger partial charge in [0.05, 0.1) is 17.4 Å². The summed E-state index contributed by atoms with van der Waals surface area (Å²) < 4.78 is 0.150. The van der Waals surface area contributed by atoms with E-state index in [2.05, 4.69) is 31.8 Å². The minimum Gasteiger partial charge on any atom is -0.298 e. The van der Waals surface area contributed by atoms with Gasteiger partial charge in [0, 0.05) is 10.9 Å². The summed E-state index contributed by atoms with van der Waals surface area (Å²) in [5, 5.41) is 0. The number of carbonyl (C=O) groups is 1. The number of rotatable bonds is 3. The molecule has 1 aromatic heterocycles. The molecule has 2 nitrogen and oxygen atoms in total. The van der Waals surface area contributed by atoms with Gasteiger partial charge in [0.15, 0.2) is 5.78 Å². The average Bonchev–Trinajstić information content (AvgIpc) is 2.34. The fourth-order valence-electron chi connectivity index (χ4n) is 2.31. The molecule has 1 aromatic rings. The highest BCUT2D eigenvalue weighted by Gasteiger charge is 2.28. The van der Waals surface area contributed by atoms with Crippen LogP contribution in [-0.4, -0.2) is 21.3 Å². The fraction of sp³-hybridized carbons (Fsp3) is 0.600. The molecule has 0 N–H and O–H groups in total. The van der Waals surface area contributed by atoms with Crippen molar-refractivity contribution in [3.8, 4) is 0 Å². The number of fused-ring (bicyclic) bond motifs is 1. The second-order valence-corrected chi connectivity index (χ2v) is 7.66. The molecule has 3 heteroatoms. The maximum atomic E-state index is 12.3. The lowest BCUT2D eigenvalue weighted by Crippen LogP contribution is -2.23. The standard InChI is InChI=1S/C15H21NOS/c1-15(2,3)18-10-13(17)12-8-4-6-11-7-5-9-16-14(11)12/h5,7,9,12H,4,6,8,10H2,1-3H3. The largest absolute Gasteiger partial charge is 0.298 e. The van der Waals surface area contributed by atoms with Crippen molar-refractivity contribution in [2.45, 2.75) is 50.7 Å². The maximum Gasteiger partial charge on any atom is 0.151 e. The van der Waals surface area contributed by atoms with Gasteiger partial charge in [-0.1, -0.05) is 26.8 Å². The molecule has 0 aromatic carbocycles. The highest BCUT2D eigenvalue weighted by atomic mass is 32.2. The van der Waals surface area contributed by atoms with Crippen molar-refractivity contribution >= 4 is 17.5 Å².